The van der Waals surface area contributed by atoms with E-state index < -0.39 is 11.2 Å². The second kappa shape index (κ2) is 12.6. The van der Waals surface area contributed by atoms with Gasteiger partial charge in [-0.2, -0.15) is 0 Å². The SMILES string of the molecule is CCC.Cc1nnc(NC(=O)C(C)(C)C2c3ccccc3Oc3nc(-c4ccc(C(=O)N5CCCC5)c(F)c4)ccc32)s1. The average Bonchev–Trinajstić information content (AvgIpc) is 3.67. The fourth-order valence-electron chi connectivity index (χ4n) is 5.45. The monoisotopic (exact) mass is 601 g/mol. The molecule has 2 aliphatic rings. The van der Waals surface area contributed by atoms with Gasteiger partial charge in [0.05, 0.1) is 16.7 Å². The Labute approximate surface area is 255 Å². The number of nitrogens with zero attached hydrogens (tertiary/aromatic N) is 4. The fourth-order valence-corrected chi connectivity index (χ4v) is 6.04. The molecule has 4 aromatic rings. The number of hydrogen-bond donors (Lipinski definition) is 1. The van der Waals surface area contributed by atoms with Gasteiger partial charge in [-0.05, 0) is 44.0 Å². The minimum absolute atomic E-state index is 0.0623. The van der Waals surface area contributed by atoms with E-state index in [1.54, 1.807) is 17.0 Å². The van der Waals surface area contributed by atoms with Gasteiger partial charge in [-0.3, -0.25) is 9.59 Å². The van der Waals surface area contributed by atoms with Gasteiger partial charge >= 0.3 is 0 Å². The number of para-hydroxylation sites is 1. The van der Waals surface area contributed by atoms with Crippen molar-refractivity contribution in [1.82, 2.24) is 20.1 Å². The molecule has 0 radical (unpaired) electrons. The topological polar surface area (TPSA) is 97.3 Å². The average molecular weight is 602 g/mol. The fraction of sp³-hybridized carbons (Fsp3) is 0.364. The molecule has 0 spiro atoms. The first-order chi connectivity index (χ1) is 20.6. The summed E-state index contributed by atoms with van der Waals surface area (Å²) in [6.45, 7) is 11.2. The van der Waals surface area contributed by atoms with E-state index in [1.807, 2.05) is 51.1 Å². The molecule has 0 bridgehead atoms. The summed E-state index contributed by atoms with van der Waals surface area (Å²) in [6.07, 6.45) is 3.13. The third kappa shape index (κ3) is 6.15. The Kier molecular flexibility index (Phi) is 8.87. The number of aryl methyl sites for hydroxylation is 1. The zero-order valence-corrected chi connectivity index (χ0v) is 25.9. The first kappa shape index (κ1) is 30.3. The predicted octanol–water partition coefficient (Wildman–Crippen LogP) is 7.60. The number of nitrogens with one attached hydrogen (secondary N) is 1. The van der Waals surface area contributed by atoms with Crippen molar-refractivity contribution in [2.75, 3.05) is 18.4 Å². The van der Waals surface area contributed by atoms with Crippen LogP contribution in [0, 0.1) is 18.2 Å². The van der Waals surface area contributed by atoms with E-state index in [4.69, 9.17) is 9.72 Å². The Morgan fingerprint density at radius 3 is 2.44 bits per heavy atom. The minimum Gasteiger partial charge on any atom is -0.438 e. The van der Waals surface area contributed by atoms with Crippen LogP contribution in [-0.4, -0.2) is 45.0 Å². The molecule has 2 aromatic heterocycles. The van der Waals surface area contributed by atoms with Crippen molar-refractivity contribution in [1.29, 1.82) is 0 Å². The van der Waals surface area contributed by atoms with Gasteiger partial charge in [-0.25, -0.2) is 9.37 Å². The summed E-state index contributed by atoms with van der Waals surface area (Å²) >= 11 is 1.31. The molecule has 1 N–H and O–H groups in total. The summed E-state index contributed by atoms with van der Waals surface area (Å²) in [5.41, 5.74) is 1.79. The maximum Gasteiger partial charge on any atom is 0.256 e. The van der Waals surface area contributed by atoms with Crippen molar-refractivity contribution in [3.8, 4) is 22.9 Å². The lowest BCUT2D eigenvalue weighted by molar-refractivity contribution is -0.124. The molecule has 10 heteroatoms. The zero-order valence-electron chi connectivity index (χ0n) is 25.1. The number of fused-ring (bicyclic) bond motifs is 2. The van der Waals surface area contributed by atoms with Gasteiger partial charge in [-0.1, -0.05) is 75.8 Å². The van der Waals surface area contributed by atoms with Crippen LogP contribution >= 0.6 is 11.3 Å². The van der Waals surface area contributed by atoms with Crippen LogP contribution in [0.2, 0.25) is 0 Å². The number of carbonyl (C=O) groups excluding carboxylic acids is 2. The van der Waals surface area contributed by atoms with Gasteiger partial charge in [0.1, 0.15) is 16.6 Å². The lowest BCUT2D eigenvalue weighted by atomic mass is 9.69. The number of likely N-dealkylation sites (tertiary alicyclic amines) is 1. The molecule has 1 saturated heterocycles. The normalized spacial score (nSPS) is 15.5. The van der Waals surface area contributed by atoms with E-state index >= 15 is 4.39 Å². The zero-order chi connectivity index (χ0) is 30.7. The molecule has 43 heavy (non-hydrogen) atoms. The number of carbonyl (C=O) groups is 2. The number of hydrogen-bond acceptors (Lipinski definition) is 7. The molecule has 4 heterocycles. The van der Waals surface area contributed by atoms with E-state index in [0.717, 1.165) is 29.0 Å². The van der Waals surface area contributed by atoms with Crippen molar-refractivity contribution in [2.24, 2.45) is 5.41 Å². The Morgan fingerprint density at radius 2 is 1.77 bits per heavy atom. The number of anilines is 1. The third-order valence-electron chi connectivity index (χ3n) is 7.58. The van der Waals surface area contributed by atoms with Crippen molar-refractivity contribution in [3.05, 3.63) is 82.1 Å². The minimum atomic E-state index is -0.916. The van der Waals surface area contributed by atoms with Crippen molar-refractivity contribution in [2.45, 2.75) is 59.8 Å². The van der Waals surface area contributed by atoms with E-state index in [0.29, 0.717) is 41.1 Å². The van der Waals surface area contributed by atoms with Crippen LogP contribution in [0.1, 0.15) is 79.4 Å². The van der Waals surface area contributed by atoms with E-state index in [1.165, 1.54) is 29.9 Å². The highest BCUT2D eigenvalue weighted by Crippen LogP contribution is 2.52. The van der Waals surface area contributed by atoms with Gasteiger partial charge in [-0.15, -0.1) is 10.2 Å². The lowest BCUT2D eigenvalue weighted by Crippen LogP contribution is -2.38. The summed E-state index contributed by atoms with van der Waals surface area (Å²) in [6, 6.07) is 15.8. The highest BCUT2D eigenvalue weighted by Gasteiger charge is 2.44. The molecule has 1 fully saturated rings. The third-order valence-corrected chi connectivity index (χ3v) is 8.33. The molecule has 2 aromatic carbocycles. The number of ether oxygens (including phenoxy) is 1. The lowest BCUT2D eigenvalue weighted by Gasteiger charge is -2.37. The second-order valence-electron chi connectivity index (χ2n) is 11.4. The van der Waals surface area contributed by atoms with Crippen LogP contribution in [0.5, 0.6) is 11.6 Å². The van der Waals surface area contributed by atoms with Gasteiger partial charge in [0, 0.05) is 35.7 Å². The van der Waals surface area contributed by atoms with Crippen molar-refractivity contribution >= 4 is 28.3 Å². The predicted molar refractivity (Wildman–Crippen MR) is 166 cm³/mol. The molecule has 2 amide bonds. The van der Waals surface area contributed by atoms with Crippen LogP contribution in [0.25, 0.3) is 11.3 Å². The first-order valence-corrected chi connectivity index (χ1v) is 15.4. The molecule has 8 nitrogen and oxygen atoms in total. The van der Waals surface area contributed by atoms with Crippen molar-refractivity contribution in [3.63, 3.8) is 0 Å². The van der Waals surface area contributed by atoms with Crippen LogP contribution < -0.4 is 10.1 Å². The number of pyridine rings is 1. The van der Waals surface area contributed by atoms with E-state index in [9.17, 15) is 9.59 Å². The van der Waals surface area contributed by atoms with E-state index in [-0.39, 0.29) is 23.3 Å². The molecule has 1 unspecified atom stereocenters. The highest BCUT2D eigenvalue weighted by atomic mass is 32.1. The number of rotatable bonds is 5. The Morgan fingerprint density at radius 1 is 1.05 bits per heavy atom. The van der Waals surface area contributed by atoms with Crippen LogP contribution in [0.3, 0.4) is 0 Å². The number of benzene rings is 2. The molecule has 6 rings (SSSR count). The Bertz CT molecular complexity index is 1650. The number of halogens is 1. The van der Waals surface area contributed by atoms with Crippen LogP contribution in [0.15, 0.2) is 54.6 Å². The Balaban J connectivity index is 0.00000118. The molecule has 0 saturated carbocycles. The second-order valence-corrected chi connectivity index (χ2v) is 12.5. The maximum absolute atomic E-state index is 15.1. The molecule has 1 atom stereocenters. The maximum atomic E-state index is 15.1. The number of aromatic nitrogens is 3. The van der Waals surface area contributed by atoms with Crippen LogP contribution in [0.4, 0.5) is 9.52 Å². The summed E-state index contributed by atoms with van der Waals surface area (Å²) in [7, 11) is 0. The Hall–Kier alpha value is -4.18. The van der Waals surface area contributed by atoms with Gasteiger partial charge < -0.3 is 15.0 Å². The largest absolute Gasteiger partial charge is 0.438 e. The molecule has 0 aliphatic carbocycles. The summed E-state index contributed by atoms with van der Waals surface area (Å²) in [4.78, 5) is 32.7. The highest BCUT2D eigenvalue weighted by molar-refractivity contribution is 7.15. The van der Waals surface area contributed by atoms with Gasteiger partial charge in [0.25, 0.3) is 5.91 Å². The summed E-state index contributed by atoms with van der Waals surface area (Å²) in [5.74, 6) is -0.489. The smallest absolute Gasteiger partial charge is 0.256 e. The van der Waals surface area contributed by atoms with E-state index in [2.05, 4.69) is 29.4 Å². The number of amides is 2. The van der Waals surface area contributed by atoms with Crippen LogP contribution in [-0.2, 0) is 4.79 Å². The van der Waals surface area contributed by atoms with Gasteiger partial charge in [0.2, 0.25) is 16.9 Å². The molecular formula is C33H36FN5O3S. The van der Waals surface area contributed by atoms with Crippen molar-refractivity contribution < 1.29 is 18.7 Å². The van der Waals surface area contributed by atoms with Gasteiger partial charge in [0.15, 0.2) is 0 Å². The molecule has 2 aliphatic heterocycles. The summed E-state index contributed by atoms with van der Waals surface area (Å²) < 4.78 is 21.3. The first-order valence-electron chi connectivity index (χ1n) is 14.6. The quantitative estimate of drug-likeness (QED) is 0.253. The molecular weight excluding hydrogens is 565 g/mol. The summed E-state index contributed by atoms with van der Waals surface area (Å²) in [5, 5.41) is 12.1. The standard InChI is InChI=1S/C30H28FN5O3S.C3H8/c1-17-34-35-29(40-17)33-28(38)30(2,3)25-20-8-4-5-9-24(20)39-26-21(25)12-13-23(32-26)18-10-11-19(22(31)16-18)27(37)36-14-6-7-15-36;1-3-2/h4-5,8-13,16,25H,6-7,14-15H2,1-3H3,(H,33,35,38);3H2,1-2H3. The molecule has 224 valence electrons.